The van der Waals surface area contributed by atoms with E-state index in [2.05, 4.69) is 0 Å². The van der Waals surface area contributed by atoms with Crippen LogP contribution < -0.4 is 0 Å². The van der Waals surface area contributed by atoms with Crippen molar-refractivity contribution in [3.8, 4) is 0 Å². The third kappa shape index (κ3) is 7.34. The van der Waals surface area contributed by atoms with Crippen LogP contribution in [0.4, 0.5) is 0 Å². The maximum absolute atomic E-state index is 9.99. The lowest BCUT2D eigenvalue weighted by atomic mass is 10.1. The Bertz CT molecular complexity index is 176. The number of hydrogen-bond donors (Lipinski definition) is 0. The molecule has 2 heteroatoms. The molecule has 0 rings (SSSR count). The largest absolute Gasteiger partial charge is 0.299 e. The van der Waals surface area contributed by atoms with Crippen LogP contribution in [0.1, 0.15) is 26.7 Å². The zero-order valence-corrected chi connectivity index (χ0v) is 7.69. The van der Waals surface area contributed by atoms with Crippen LogP contribution in [0.25, 0.3) is 0 Å². The average Bonchev–Trinajstić information content (AvgIpc) is 1.87. The van der Waals surface area contributed by atoms with Crippen molar-refractivity contribution in [1.82, 2.24) is 0 Å². The summed E-state index contributed by atoms with van der Waals surface area (Å²) in [4.78, 5) is 9.99. The monoisotopic (exact) mass is 172 g/mol. The summed E-state index contributed by atoms with van der Waals surface area (Å²) in [7, 11) is 0. The highest BCUT2D eigenvalue weighted by Crippen LogP contribution is 2.07. The highest BCUT2D eigenvalue weighted by molar-refractivity contribution is 6.29. The quantitative estimate of drug-likeness (QED) is 0.471. The van der Waals surface area contributed by atoms with E-state index in [0.717, 1.165) is 29.7 Å². The van der Waals surface area contributed by atoms with E-state index in [0.29, 0.717) is 0 Å². The first-order chi connectivity index (χ1) is 5.16. The van der Waals surface area contributed by atoms with Gasteiger partial charge in [-0.3, -0.25) is 4.79 Å². The lowest BCUT2D eigenvalue weighted by Gasteiger charge is -1.94. The van der Waals surface area contributed by atoms with E-state index in [4.69, 9.17) is 11.6 Å². The fraction of sp³-hybridized carbons (Fsp3) is 0.444. The molecule has 0 aromatic carbocycles. The lowest BCUT2D eigenvalue weighted by Crippen LogP contribution is -1.76. The number of hydrogen-bond acceptors (Lipinski definition) is 1. The van der Waals surface area contributed by atoms with Gasteiger partial charge in [0.05, 0.1) is 0 Å². The van der Waals surface area contributed by atoms with E-state index in [1.54, 1.807) is 6.08 Å². The van der Waals surface area contributed by atoms with Gasteiger partial charge in [-0.15, -0.1) is 0 Å². The van der Waals surface area contributed by atoms with Crippen molar-refractivity contribution in [2.45, 2.75) is 26.7 Å². The molecular weight excluding hydrogens is 160 g/mol. The molecule has 0 aromatic rings. The molecule has 1 nitrogen and oxygen atoms in total. The predicted molar refractivity (Wildman–Crippen MR) is 48.7 cm³/mol. The third-order valence-corrected chi connectivity index (χ3v) is 1.47. The number of carbonyl (C=O) groups excluding carboxylic acids is 1. The fourth-order valence-corrected chi connectivity index (χ4v) is 0.807. The Kier molecular flexibility index (Phi) is 5.86. The number of rotatable bonds is 4. The van der Waals surface area contributed by atoms with E-state index in [1.807, 2.05) is 19.9 Å². The number of allylic oxidation sites excluding steroid dienone is 4. The van der Waals surface area contributed by atoms with Gasteiger partial charge in [-0.05, 0) is 32.8 Å². The topological polar surface area (TPSA) is 17.1 Å². The Morgan fingerprint density at radius 3 is 2.55 bits per heavy atom. The first kappa shape index (κ1) is 10.4. The van der Waals surface area contributed by atoms with Crippen LogP contribution in [0.5, 0.6) is 0 Å². The van der Waals surface area contributed by atoms with E-state index >= 15 is 0 Å². The summed E-state index contributed by atoms with van der Waals surface area (Å²) in [6.07, 6.45) is 6.15. The van der Waals surface area contributed by atoms with Gasteiger partial charge in [-0.2, -0.15) is 0 Å². The first-order valence-corrected chi connectivity index (χ1v) is 3.98. The Hall–Kier alpha value is -0.560. The van der Waals surface area contributed by atoms with Crippen molar-refractivity contribution < 1.29 is 4.79 Å². The highest BCUT2D eigenvalue weighted by atomic mass is 35.5. The first-order valence-electron chi connectivity index (χ1n) is 3.60. The van der Waals surface area contributed by atoms with Gasteiger partial charge >= 0.3 is 0 Å². The minimum absolute atomic E-state index is 0.809. The Labute approximate surface area is 72.7 Å². The maximum Gasteiger partial charge on any atom is 0.142 e. The zero-order valence-electron chi connectivity index (χ0n) is 6.93. The Morgan fingerprint density at radius 2 is 2.09 bits per heavy atom. The Morgan fingerprint density at radius 1 is 1.45 bits per heavy atom. The minimum atomic E-state index is 0.809. The molecule has 0 unspecified atom stereocenters. The summed E-state index contributed by atoms with van der Waals surface area (Å²) in [5, 5.41) is 0.809. The molecule has 0 saturated heterocycles. The summed E-state index contributed by atoms with van der Waals surface area (Å²) in [5.74, 6) is 0. The third-order valence-electron chi connectivity index (χ3n) is 1.32. The van der Waals surface area contributed by atoms with Gasteiger partial charge < -0.3 is 0 Å². The SMILES string of the molecule is CC(Cl)=CCCC(C)=CC=O. The van der Waals surface area contributed by atoms with Crippen LogP contribution in [0.2, 0.25) is 0 Å². The van der Waals surface area contributed by atoms with Gasteiger partial charge in [-0.25, -0.2) is 0 Å². The number of halogens is 1. The summed E-state index contributed by atoms with van der Waals surface area (Å²) >= 11 is 5.61. The van der Waals surface area contributed by atoms with Gasteiger partial charge in [0, 0.05) is 5.03 Å². The summed E-state index contributed by atoms with van der Waals surface area (Å²) in [5.41, 5.74) is 1.09. The fourth-order valence-electron chi connectivity index (χ4n) is 0.698. The number of aldehydes is 1. The van der Waals surface area contributed by atoms with Crippen molar-refractivity contribution in [1.29, 1.82) is 0 Å². The predicted octanol–water partition coefficient (Wildman–Crippen LogP) is 3.05. The van der Waals surface area contributed by atoms with Crippen molar-refractivity contribution in [3.63, 3.8) is 0 Å². The summed E-state index contributed by atoms with van der Waals surface area (Å²) in [6, 6.07) is 0. The van der Waals surface area contributed by atoms with Crippen molar-refractivity contribution in [3.05, 3.63) is 22.8 Å². The standard InChI is InChI=1S/C9H13ClO/c1-8(6-7-11)4-3-5-9(2)10/h5-7H,3-4H2,1-2H3. The molecule has 62 valence electrons. The molecule has 11 heavy (non-hydrogen) atoms. The van der Waals surface area contributed by atoms with Gasteiger partial charge in [0.25, 0.3) is 0 Å². The summed E-state index contributed by atoms with van der Waals surface area (Å²) in [6.45, 7) is 3.78. The Balaban J connectivity index is 3.63. The van der Waals surface area contributed by atoms with Gasteiger partial charge in [0.15, 0.2) is 0 Å². The minimum Gasteiger partial charge on any atom is -0.299 e. The van der Waals surface area contributed by atoms with Crippen LogP contribution in [0.15, 0.2) is 22.8 Å². The van der Waals surface area contributed by atoms with E-state index < -0.39 is 0 Å². The van der Waals surface area contributed by atoms with Crippen LogP contribution >= 0.6 is 11.6 Å². The molecule has 0 heterocycles. The normalized spacial score (nSPS) is 13.4. The second-order valence-corrected chi connectivity index (χ2v) is 3.07. The van der Waals surface area contributed by atoms with Crippen LogP contribution in [-0.4, -0.2) is 6.29 Å². The van der Waals surface area contributed by atoms with E-state index in [-0.39, 0.29) is 0 Å². The molecule has 0 aliphatic heterocycles. The molecule has 0 radical (unpaired) electrons. The zero-order chi connectivity index (χ0) is 8.69. The molecule has 0 fully saturated rings. The average molecular weight is 173 g/mol. The lowest BCUT2D eigenvalue weighted by molar-refractivity contribution is -0.104. The molecular formula is C9H13ClO. The maximum atomic E-state index is 9.99. The number of carbonyl (C=O) groups is 1. The molecule has 0 atom stereocenters. The van der Waals surface area contributed by atoms with E-state index in [9.17, 15) is 4.79 Å². The molecule has 0 saturated carbocycles. The smallest absolute Gasteiger partial charge is 0.142 e. The molecule has 0 bridgehead atoms. The summed E-state index contributed by atoms with van der Waals surface area (Å²) < 4.78 is 0. The molecule has 0 aliphatic rings. The molecule has 0 amide bonds. The van der Waals surface area contributed by atoms with Crippen LogP contribution in [0.3, 0.4) is 0 Å². The molecule has 0 aliphatic carbocycles. The molecule has 0 aromatic heterocycles. The highest BCUT2D eigenvalue weighted by Gasteiger charge is 1.87. The van der Waals surface area contributed by atoms with Crippen molar-refractivity contribution in [2.75, 3.05) is 0 Å². The second-order valence-electron chi connectivity index (χ2n) is 2.48. The van der Waals surface area contributed by atoms with Gasteiger partial charge in [0.2, 0.25) is 0 Å². The van der Waals surface area contributed by atoms with Crippen molar-refractivity contribution >= 4 is 17.9 Å². The van der Waals surface area contributed by atoms with Crippen LogP contribution in [0, 0.1) is 0 Å². The second kappa shape index (κ2) is 6.17. The van der Waals surface area contributed by atoms with E-state index in [1.165, 1.54) is 0 Å². The van der Waals surface area contributed by atoms with Gasteiger partial charge in [0.1, 0.15) is 6.29 Å². The van der Waals surface area contributed by atoms with Crippen molar-refractivity contribution in [2.24, 2.45) is 0 Å². The molecule has 0 spiro atoms. The van der Waals surface area contributed by atoms with Gasteiger partial charge in [-0.1, -0.05) is 23.3 Å². The molecule has 0 N–H and O–H groups in total. The van der Waals surface area contributed by atoms with Crippen LogP contribution in [-0.2, 0) is 4.79 Å².